The Balaban J connectivity index is 6.02. The number of hydrogen-bond acceptors (Lipinski definition) is 7. The topological polar surface area (TPSA) is 169 Å². The largest absolute Gasteiger partial charge is 0.293 e. The second-order valence-corrected chi connectivity index (χ2v) is 4.01. The van der Waals surface area contributed by atoms with Gasteiger partial charge in [0.25, 0.3) is 17.7 Å². The SMILES string of the molecule is C=CC(C(=O)NN)N(C(C=C)C(=O)NN)C(C=C)C(=O)NN. The van der Waals surface area contributed by atoms with Crippen LogP contribution in [0.5, 0.6) is 0 Å². The van der Waals surface area contributed by atoms with Crippen LogP contribution in [0.25, 0.3) is 0 Å². The molecule has 0 aliphatic carbocycles. The van der Waals surface area contributed by atoms with Crippen LogP contribution in [0.15, 0.2) is 38.0 Å². The van der Waals surface area contributed by atoms with Crippen LogP contribution in [0.3, 0.4) is 0 Å². The summed E-state index contributed by atoms with van der Waals surface area (Å²) in [5.41, 5.74) is 5.77. The number of carbonyl (C=O) groups is 3. The number of hydrogen-bond donors (Lipinski definition) is 6. The Morgan fingerprint density at radius 3 is 1.09 bits per heavy atom. The van der Waals surface area contributed by atoms with Gasteiger partial charge in [0.05, 0.1) is 0 Å². The van der Waals surface area contributed by atoms with Gasteiger partial charge < -0.3 is 0 Å². The summed E-state index contributed by atoms with van der Waals surface area (Å²) in [7, 11) is 0. The number of nitrogens with two attached hydrogens (primary N) is 3. The normalized spacial score (nSPS) is 14.2. The Labute approximate surface area is 128 Å². The standard InChI is InChI=1S/C12H21N7O3/c1-4-7(10(20)16-13)19(8(5-2)11(21)17-14)9(6-3)12(22)18-15/h4-9H,1-3,13-15H2,(H,16,20)(H,17,21)(H,18,22). The molecule has 0 heterocycles. The summed E-state index contributed by atoms with van der Waals surface area (Å²) in [6.45, 7) is 10.5. The van der Waals surface area contributed by atoms with Crippen molar-refractivity contribution in [3.8, 4) is 0 Å². The second-order valence-electron chi connectivity index (χ2n) is 4.01. The molecule has 9 N–H and O–H groups in total. The van der Waals surface area contributed by atoms with Crippen LogP contribution in [0.2, 0.25) is 0 Å². The Kier molecular flexibility index (Phi) is 8.33. The molecule has 0 aromatic rings. The maximum Gasteiger partial charge on any atom is 0.255 e. The van der Waals surface area contributed by atoms with Crippen LogP contribution >= 0.6 is 0 Å². The molecule has 0 saturated heterocycles. The van der Waals surface area contributed by atoms with E-state index in [1.165, 1.54) is 18.2 Å². The van der Waals surface area contributed by atoms with Crippen molar-refractivity contribution in [3.63, 3.8) is 0 Å². The maximum atomic E-state index is 11.9. The molecule has 0 aromatic heterocycles. The predicted octanol–water partition coefficient (Wildman–Crippen LogP) is -3.08. The molecule has 3 unspecified atom stereocenters. The second kappa shape index (κ2) is 9.41. The summed E-state index contributed by atoms with van der Waals surface area (Å²) in [6, 6.07) is -3.44. The molecule has 122 valence electrons. The Morgan fingerprint density at radius 1 is 0.727 bits per heavy atom. The minimum Gasteiger partial charge on any atom is -0.293 e. The molecule has 0 aliphatic heterocycles. The third kappa shape index (κ3) is 4.23. The minimum atomic E-state index is -1.15. The monoisotopic (exact) mass is 311 g/mol. The van der Waals surface area contributed by atoms with E-state index in [9.17, 15) is 14.4 Å². The molecule has 3 atom stereocenters. The van der Waals surface area contributed by atoms with E-state index in [1.54, 1.807) is 0 Å². The number of amides is 3. The van der Waals surface area contributed by atoms with Gasteiger partial charge in [0.15, 0.2) is 0 Å². The molecule has 10 heteroatoms. The highest BCUT2D eigenvalue weighted by Crippen LogP contribution is 2.15. The molecular weight excluding hydrogens is 290 g/mol. The predicted molar refractivity (Wildman–Crippen MR) is 80.8 cm³/mol. The zero-order valence-corrected chi connectivity index (χ0v) is 12.0. The molecule has 0 aromatic carbocycles. The molecule has 0 aliphatic rings. The fourth-order valence-electron chi connectivity index (χ4n) is 1.87. The van der Waals surface area contributed by atoms with Crippen molar-refractivity contribution in [2.45, 2.75) is 18.1 Å². The molecule has 0 saturated carbocycles. The van der Waals surface area contributed by atoms with Gasteiger partial charge in [0, 0.05) is 0 Å². The highest BCUT2D eigenvalue weighted by molar-refractivity contribution is 5.90. The van der Waals surface area contributed by atoms with Crippen LogP contribution in [-0.4, -0.2) is 40.7 Å². The van der Waals surface area contributed by atoms with Crippen molar-refractivity contribution >= 4 is 17.7 Å². The third-order valence-corrected chi connectivity index (χ3v) is 2.87. The lowest BCUT2D eigenvalue weighted by Crippen LogP contribution is -2.62. The molecule has 22 heavy (non-hydrogen) atoms. The summed E-state index contributed by atoms with van der Waals surface area (Å²) in [6.07, 6.45) is 3.59. The van der Waals surface area contributed by atoms with E-state index in [2.05, 4.69) is 19.7 Å². The van der Waals surface area contributed by atoms with E-state index in [1.807, 2.05) is 16.3 Å². The zero-order valence-electron chi connectivity index (χ0n) is 12.0. The van der Waals surface area contributed by atoms with Gasteiger partial charge in [0.1, 0.15) is 18.1 Å². The van der Waals surface area contributed by atoms with Crippen LogP contribution in [0.1, 0.15) is 0 Å². The van der Waals surface area contributed by atoms with Crippen molar-refractivity contribution < 1.29 is 14.4 Å². The fraction of sp³-hybridized carbons (Fsp3) is 0.250. The van der Waals surface area contributed by atoms with Crippen molar-refractivity contribution in [2.75, 3.05) is 0 Å². The lowest BCUT2D eigenvalue weighted by Gasteiger charge is -2.36. The first-order valence-corrected chi connectivity index (χ1v) is 6.09. The number of carbonyl (C=O) groups excluding carboxylic acids is 3. The summed E-state index contributed by atoms with van der Waals surface area (Å²) in [4.78, 5) is 36.9. The molecule has 10 nitrogen and oxygen atoms in total. The van der Waals surface area contributed by atoms with Gasteiger partial charge in [-0.05, 0) is 0 Å². The molecule has 0 spiro atoms. The first-order valence-electron chi connectivity index (χ1n) is 6.09. The fourth-order valence-corrected chi connectivity index (χ4v) is 1.87. The van der Waals surface area contributed by atoms with E-state index in [4.69, 9.17) is 17.5 Å². The van der Waals surface area contributed by atoms with E-state index < -0.39 is 35.8 Å². The van der Waals surface area contributed by atoms with Crippen LogP contribution in [0.4, 0.5) is 0 Å². The third-order valence-electron chi connectivity index (χ3n) is 2.87. The maximum absolute atomic E-state index is 11.9. The van der Waals surface area contributed by atoms with E-state index in [-0.39, 0.29) is 0 Å². The van der Waals surface area contributed by atoms with Crippen molar-refractivity contribution in [2.24, 2.45) is 17.5 Å². The molecule has 3 amide bonds. The summed E-state index contributed by atoms with van der Waals surface area (Å²) < 4.78 is 0. The Morgan fingerprint density at radius 2 is 0.955 bits per heavy atom. The number of hydrazine groups is 3. The van der Waals surface area contributed by atoms with Gasteiger partial charge in [-0.1, -0.05) is 18.2 Å². The summed E-state index contributed by atoms with van der Waals surface area (Å²) >= 11 is 0. The smallest absolute Gasteiger partial charge is 0.255 e. The molecular formula is C12H21N7O3. The first-order chi connectivity index (χ1) is 10.4. The number of nitrogens with zero attached hydrogens (tertiary/aromatic N) is 1. The van der Waals surface area contributed by atoms with Crippen LogP contribution < -0.4 is 33.8 Å². The lowest BCUT2D eigenvalue weighted by atomic mass is 10.0. The number of rotatable bonds is 9. The van der Waals surface area contributed by atoms with Gasteiger partial charge in [-0.25, -0.2) is 17.5 Å². The Bertz CT molecular complexity index is 399. The van der Waals surface area contributed by atoms with Crippen molar-refractivity contribution in [1.29, 1.82) is 0 Å². The highest BCUT2D eigenvalue weighted by Gasteiger charge is 2.38. The van der Waals surface area contributed by atoms with Gasteiger partial charge >= 0.3 is 0 Å². The van der Waals surface area contributed by atoms with Crippen molar-refractivity contribution in [1.82, 2.24) is 21.2 Å². The lowest BCUT2D eigenvalue weighted by molar-refractivity contribution is -0.134. The average Bonchev–Trinajstić information content (AvgIpc) is 2.55. The zero-order chi connectivity index (χ0) is 17.3. The van der Waals surface area contributed by atoms with Crippen LogP contribution in [0, 0.1) is 0 Å². The van der Waals surface area contributed by atoms with Gasteiger partial charge in [-0.15, -0.1) is 19.7 Å². The van der Waals surface area contributed by atoms with E-state index in [0.29, 0.717) is 0 Å². The minimum absolute atomic E-state index is 0.705. The molecule has 0 rings (SSSR count). The van der Waals surface area contributed by atoms with Gasteiger partial charge in [-0.2, -0.15) is 0 Å². The average molecular weight is 311 g/mol. The molecule has 0 fully saturated rings. The van der Waals surface area contributed by atoms with Crippen molar-refractivity contribution in [3.05, 3.63) is 38.0 Å². The first kappa shape index (κ1) is 19.5. The van der Waals surface area contributed by atoms with E-state index in [0.717, 1.165) is 4.90 Å². The van der Waals surface area contributed by atoms with Gasteiger partial charge in [-0.3, -0.25) is 35.6 Å². The molecule has 0 bridgehead atoms. The highest BCUT2D eigenvalue weighted by atomic mass is 16.2. The summed E-state index contributed by atoms with van der Waals surface area (Å²) in [5, 5.41) is 0. The summed E-state index contributed by atoms with van der Waals surface area (Å²) in [5.74, 6) is 13.2. The molecule has 0 radical (unpaired) electrons. The van der Waals surface area contributed by atoms with E-state index >= 15 is 0 Å². The number of nitrogens with one attached hydrogen (secondary N) is 3. The Hall–Kier alpha value is -2.53. The van der Waals surface area contributed by atoms with Crippen LogP contribution in [-0.2, 0) is 14.4 Å². The van der Waals surface area contributed by atoms with Gasteiger partial charge in [0.2, 0.25) is 0 Å². The quantitative estimate of drug-likeness (QED) is 0.113.